The Morgan fingerprint density at radius 1 is 0.375 bits per heavy atom. The molecule has 32 heteroatoms. The summed E-state index contributed by atoms with van der Waals surface area (Å²) >= 11 is 4.97. The van der Waals surface area contributed by atoms with E-state index in [2.05, 4.69) is 84.9 Å². The minimum absolute atomic E-state index is 0. The molecule has 3 saturated carbocycles. The average molecular weight is 1870 g/mol. The lowest BCUT2D eigenvalue weighted by molar-refractivity contribution is -0.120. The first kappa shape index (κ1) is 91.9. The van der Waals surface area contributed by atoms with Gasteiger partial charge in [-0.1, -0.05) is 54.6 Å². The summed E-state index contributed by atoms with van der Waals surface area (Å²) in [6.45, 7) is 14.9. The second kappa shape index (κ2) is 41.5. The van der Waals surface area contributed by atoms with Crippen molar-refractivity contribution in [1.82, 2.24) is 71.6 Å². The van der Waals surface area contributed by atoms with Crippen molar-refractivity contribution >= 4 is 115 Å². The zero-order valence-corrected chi connectivity index (χ0v) is 79.1. The van der Waals surface area contributed by atoms with Crippen molar-refractivity contribution in [2.45, 2.75) is 197 Å². The molecule has 9 aliphatic rings. The molecule has 3 aliphatic carbocycles. The van der Waals surface area contributed by atoms with Crippen LogP contribution in [0.15, 0.2) is 177 Å². The van der Waals surface area contributed by atoms with Gasteiger partial charge in [-0.15, -0.1) is 46.4 Å². The molecule has 680 valence electrons. The van der Waals surface area contributed by atoms with Gasteiger partial charge in [-0.25, -0.2) is 67.1 Å². The fraction of sp³-hybridized carbons (Fsp3) is 0.490. The van der Waals surface area contributed by atoms with Gasteiger partial charge in [0.2, 0.25) is 0 Å². The number of nitrogens with zero attached hydrogens (tertiary/aromatic N) is 14. The van der Waals surface area contributed by atoms with Crippen LogP contribution in [0.5, 0.6) is 0 Å². The molecule has 9 fully saturated rings. The van der Waals surface area contributed by atoms with Crippen LogP contribution in [0.4, 0.5) is 0 Å². The number of hydrogen-bond donors (Lipinski definition) is 1. The molecule has 12 aromatic rings. The van der Waals surface area contributed by atoms with Gasteiger partial charge in [0, 0.05) is 164 Å². The molecule has 0 bridgehead atoms. The molecule has 128 heavy (non-hydrogen) atoms. The summed E-state index contributed by atoms with van der Waals surface area (Å²) in [6, 6.07) is 34.3. The minimum atomic E-state index is -3.84. The molecule has 3 unspecified atom stereocenters. The van der Waals surface area contributed by atoms with E-state index in [0.29, 0.717) is 77.6 Å². The lowest BCUT2D eigenvalue weighted by Gasteiger charge is -2.36. The van der Waals surface area contributed by atoms with Crippen LogP contribution in [0.1, 0.15) is 202 Å². The maximum atomic E-state index is 13.8. The van der Waals surface area contributed by atoms with E-state index in [1.807, 2.05) is 29.9 Å². The van der Waals surface area contributed by atoms with E-state index in [0.717, 1.165) is 246 Å². The Morgan fingerprint density at radius 2 is 0.711 bits per heavy atom. The Bertz CT molecular complexity index is 5840. The molecule has 6 aliphatic heterocycles. The van der Waals surface area contributed by atoms with Gasteiger partial charge in [0.25, 0.3) is 30.1 Å². The molecule has 9 aromatic heterocycles. The number of ether oxygens (including phenoxy) is 3. The number of hydrogen-bond acceptors (Lipinski definition) is 25. The molecule has 15 heterocycles. The molecule has 25 nitrogen and oxygen atoms in total. The van der Waals surface area contributed by atoms with E-state index in [1.165, 1.54) is 68.0 Å². The number of Topliss-reactive ketones (excluding diaryl/α,β-unsaturated/α-hetero) is 1. The summed E-state index contributed by atoms with van der Waals surface area (Å²) in [7, 11) is -5.05. The maximum Gasteiger partial charge on any atom is 0.269 e. The Labute approximate surface area is 770 Å². The van der Waals surface area contributed by atoms with Crippen LogP contribution < -0.4 is 5.32 Å². The quantitative estimate of drug-likeness (QED) is 0.0887. The summed E-state index contributed by atoms with van der Waals surface area (Å²) < 4.78 is 103. The van der Waals surface area contributed by atoms with E-state index in [-0.39, 0.29) is 33.0 Å². The van der Waals surface area contributed by atoms with Gasteiger partial charge in [-0.2, -0.15) is 0 Å². The van der Waals surface area contributed by atoms with Crippen LogP contribution in [0.3, 0.4) is 0 Å². The predicted molar refractivity (Wildman–Crippen MR) is 509 cm³/mol. The van der Waals surface area contributed by atoms with E-state index in [1.54, 1.807) is 138 Å². The zero-order valence-electron chi connectivity index (χ0n) is 73.4. The smallest absolute Gasteiger partial charge is 0.269 e. The van der Waals surface area contributed by atoms with Crippen molar-refractivity contribution in [2.75, 3.05) is 120 Å². The molecule has 1 N–H and O–H groups in total. The van der Waals surface area contributed by atoms with Gasteiger partial charge in [0.05, 0.1) is 69.7 Å². The molecule has 3 aromatic carbocycles. The van der Waals surface area contributed by atoms with Crippen LogP contribution in [-0.4, -0.2) is 229 Å². The number of benzene rings is 3. The highest BCUT2D eigenvalue weighted by molar-refractivity contribution is 7.90. The van der Waals surface area contributed by atoms with Crippen molar-refractivity contribution in [3.05, 3.63) is 194 Å². The third-order valence-electron chi connectivity index (χ3n) is 27.6. The summed E-state index contributed by atoms with van der Waals surface area (Å²) in [5.74, 6) is 1.40. The SMILES string of the molecule is C1CNCCOC1.CN1CCCC1c1nc(-c2cn(S(=O)(=O)c3ccccc3)c3ncc(C4CCC(=O)CC4)cc23)cs1.CN1CCCC1c1nc(-c2cn(S(=O)(=O)c3ccccc3)c3ncc(C4CCC(N5CCCOCC5)CC4)cc23)cs1.CN1CCCC1c1nc(-c2cn(S(=O)(=O)c3ccccc3)c3ncc(C4CCC(N5CCCOCC5)CC4)cc23)cs1.Cl. The second-order valence-electron chi connectivity index (χ2n) is 35.6. The van der Waals surface area contributed by atoms with Crippen LogP contribution in [0.25, 0.3) is 66.9 Å². The number of ketones is 1. The van der Waals surface area contributed by atoms with Crippen LogP contribution in [0.2, 0.25) is 0 Å². The predicted octanol–water partition coefficient (Wildman–Crippen LogP) is 17.6. The molecule has 21 rings (SSSR count). The van der Waals surface area contributed by atoms with Gasteiger partial charge < -0.3 is 19.5 Å². The number of nitrogens with one attached hydrogen (secondary N) is 1. The number of carbonyl (C=O) groups excluding carboxylic acids is 1. The number of thiazole rings is 3. The first-order valence-electron chi connectivity index (χ1n) is 45.8. The largest absolute Gasteiger partial charge is 0.380 e. The van der Waals surface area contributed by atoms with Gasteiger partial charge in [0.15, 0.2) is 16.9 Å². The zero-order chi connectivity index (χ0) is 87.2. The number of fused-ring (bicyclic) bond motifs is 3. The molecule has 0 amide bonds. The maximum absolute atomic E-state index is 13.8. The van der Waals surface area contributed by atoms with Crippen molar-refractivity contribution < 1.29 is 44.3 Å². The van der Waals surface area contributed by atoms with Gasteiger partial charge in [0.1, 0.15) is 20.8 Å². The molecular formula is C96H118ClN15O10S6. The van der Waals surface area contributed by atoms with E-state index < -0.39 is 30.1 Å². The number of halogens is 1. The normalized spacial score (nSPS) is 23.1. The van der Waals surface area contributed by atoms with Crippen molar-refractivity contribution in [3.8, 4) is 33.8 Å². The minimum Gasteiger partial charge on any atom is -0.380 e. The topological polar surface area (TPSA) is 268 Å². The number of pyridine rings is 3. The Hall–Kier alpha value is -7.93. The summed E-state index contributed by atoms with van der Waals surface area (Å²) in [5.41, 5.74) is 9.64. The van der Waals surface area contributed by atoms with Crippen molar-refractivity contribution in [1.29, 1.82) is 0 Å². The molecule has 3 atom stereocenters. The summed E-state index contributed by atoms with van der Waals surface area (Å²) in [4.78, 5) is 54.3. The van der Waals surface area contributed by atoms with E-state index >= 15 is 0 Å². The second-order valence-corrected chi connectivity index (χ2v) is 43.7. The highest BCUT2D eigenvalue weighted by Gasteiger charge is 2.37. The van der Waals surface area contributed by atoms with Crippen molar-refractivity contribution in [3.63, 3.8) is 0 Å². The summed E-state index contributed by atoms with van der Waals surface area (Å²) in [6.07, 6.45) is 32.8. The first-order chi connectivity index (χ1) is 61.9. The molecular weight excluding hydrogens is 1750 g/mol. The number of carbonyl (C=O) groups is 1. The van der Waals surface area contributed by atoms with Crippen molar-refractivity contribution in [2.24, 2.45) is 0 Å². The highest BCUT2D eigenvalue weighted by atomic mass is 35.5. The fourth-order valence-electron chi connectivity index (χ4n) is 20.3. The first-order valence-corrected chi connectivity index (χ1v) is 52.7. The van der Waals surface area contributed by atoms with Gasteiger partial charge in [-0.3, -0.25) is 29.3 Å². The fourth-order valence-corrected chi connectivity index (χ4v) is 27.4. The standard InChI is InChI=1S/2C32H39N5O3S2.C27H28N4O3S2.C5H11NO.ClH/c2*1-35-14-5-9-30(35)32-34-29(22-41-32)28-21-37(42(38,39)26-7-3-2-4-8-26)31-27(28)19-24(20-33-31)23-10-12-25(13-11-23)36-15-6-17-40-18-16-36;1-30-13-5-8-25(30)27-29-24(17-35-27)23-16-31(36(33,34)21-6-3-2-4-7-21)26-22(23)14-19(15-28-26)18-9-11-20(32)12-10-18;1-2-6-3-5-7-4-1;/h2*2-4,7-8,19-23,25,30H,5-6,9-18H2,1H3;2-4,6-7,14-18,25H,5,8-13H2,1H3;6H,1-5H2;1H. The summed E-state index contributed by atoms with van der Waals surface area (Å²) in [5, 5.41) is 15.2. The van der Waals surface area contributed by atoms with Crippen LogP contribution >= 0.6 is 46.4 Å². The third-order valence-corrected chi connectivity index (χ3v) is 35.4. The molecule has 6 saturated heterocycles. The molecule has 0 radical (unpaired) electrons. The van der Waals surface area contributed by atoms with Crippen LogP contribution in [-0.2, 0) is 49.1 Å². The monoisotopic (exact) mass is 1870 g/mol. The van der Waals surface area contributed by atoms with Gasteiger partial charge >= 0.3 is 0 Å². The van der Waals surface area contributed by atoms with Gasteiger partial charge in [-0.05, 0) is 258 Å². The Morgan fingerprint density at radius 3 is 1.05 bits per heavy atom. The van der Waals surface area contributed by atoms with E-state index in [9.17, 15) is 30.0 Å². The molecule has 0 spiro atoms. The average Bonchev–Trinajstić information content (AvgIpc) is 1.60. The van der Waals surface area contributed by atoms with Crippen LogP contribution in [0, 0.1) is 0 Å². The number of likely N-dealkylation sites (tertiary alicyclic amines) is 3. The lowest BCUT2D eigenvalue weighted by Crippen LogP contribution is -2.39. The third kappa shape index (κ3) is 20.2. The number of aromatic nitrogens is 9. The highest BCUT2D eigenvalue weighted by Crippen LogP contribution is 2.46. The van der Waals surface area contributed by atoms with E-state index in [4.69, 9.17) is 39.1 Å². The Kier molecular flexibility index (Phi) is 29.8. The lowest BCUT2D eigenvalue weighted by atomic mass is 9.81. The Balaban J connectivity index is 0.000000130. The number of rotatable bonds is 17.